The highest BCUT2D eigenvalue weighted by Crippen LogP contribution is 2.13. The van der Waals surface area contributed by atoms with Crippen molar-refractivity contribution in [1.82, 2.24) is 0 Å². The van der Waals surface area contributed by atoms with Crippen LogP contribution >= 0.6 is 0 Å². The van der Waals surface area contributed by atoms with E-state index in [1.165, 1.54) is 25.1 Å². The fraction of sp³-hybridized carbons (Fsp3) is 0.529. The zero-order chi connectivity index (χ0) is 18.2. The third-order valence-corrected chi connectivity index (χ3v) is 3.58. The first kappa shape index (κ1) is 19.3. The van der Waals surface area contributed by atoms with Crippen LogP contribution in [-0.4, -0.2) is 74.0 Å². The first-order chi connectivity index (χ1) is 12.0. The average molecular weight is 354 g/mol. The number of carbonyl (C=O) groups is 2. The van der Waals surface area contributed by atoms with Crippen LogP contribution < -0.4 is 0 Å². The molecule has 0 amide bonds. The molecule has 2 aliphatic heterocycles. The summed E-state index contributed by atoms with van der Waals surface area (Å²) < 4.78 is 20.5. The average Bonchev–Trinajstić information content (AvgIpc) is 3.45. The van der Waals surface area contributed by atoms with E-state index in [0.717, 1.165) is 13.2 Å². The second kappa shape index (κ2) is 9.47. The molecule has 0 bridgehead atoms. The maximum atomic E-state index is 10.6. The van der Waals surface area contributed by atoms with Crippen LogP contribution in [0.3, 0.4) is 0 Å². The SMILES string of the molecule is C(COCC1CO1)OCC1CO1.Cc1c(C(=O)O)cccc1C(=O)O. The van der Waals surface area contributed by atoms with Crippen LogP contribution in [0, 0.1) is 6.92 Å². The zero-order valence-corrected chi connectivity index (χ0v) is 14.0. The first-order valence-corrected chi connectivity index (χ1v) is 7.94. The van der Waals surface area contributed by atoms with Gasteiger partial charge in [-0.2, -0.15) is 0 Å². The van der Waals surface area contributed by atoms with E-state index < -0.39 is 11.9 Å². The monoisotopic (exact) mass is 354 g/mol. The Labute approximate surface area is 145 Å². The molecule has 2 aliphatic rings. The maximum absolute atomic E-state index is 10.6. The number of rotatable bonds is 9. The van der Waals surface area contributed by atoms with Crippen molar-refractivity contribution in [2.24, 2.45) is 0 Å². The zero-order valence-electron chi connectivity index (χ0n) is 14.0. The topological polar surface area (TPSA) is 118 Å². The highest BCUT2D eigenvalue weighted by Gasteiger charge is 2.23. The number of hydrogen-bond acceptors (Lipinski definition) is 6. The van der Waals surface area contributed by atoms with Gasteiger partial charge in [0.05, 0.1) is 50.8 Å². The number of carboxylic acid groups (broad SMARTS) is 2. The number of aromatic carboxylic acids is 2. The van der Waals surface area contributed by atoms with E-state index in [2.05, 4.69) is 0 Å². The highest BCUT2D eigenvalue weighted by atomic mass is 16.6. The number of benzene rings is 1. The molecule has 1 aromatic rings. The lowest BCUT2D eigenvalue weighted by Gasteiger charge is -2.03. The fourth-order valence-electron chi connectivity index (χ4n) is 1.97. The Morgan fingerprint density at radius 2 is 1.40 bits per heavy atom. The number of epoxide rings is 2. The number of hydrogen-bond donors (Lipinski definition) is 2. The standard InChI is InChI=1S/C9H8O4.C8H14O4/c1-5-6(8(10)11)3-2-4-7(5)9(12)13;1(9-3-7-5-11-7)2-10-4-8-6-12-8/h2-4H,1H3,(H,10,11)(H,12,13);7-8H,1-6H2. The van der Waals surface area contributed by atoms with E-state index in [9.17, 15) is 9.59 Å². The summed E-state index contributed by atoms with van der Waals surface area (Å²) in [5, 5.41) is 17.4. The summed E-state index contributed by atoms with van der Waals surface area (Å²) >= 11 is 0. The van der Waals surface area contributed by atoms with E-state index in [-0.39, 0.29) is 16.7 Å². The maximum Gasteiger partial charge on any atom is 0.335 e. The van der Waals surface area contributed by atoms with Gasteiger partial charge in [0.1, 0.15) is 12.2 Å². The predicted octanol–water partition coefficient (Wildman–Crippen LogP) is 1.21. The van der Waals surface area contributed by atoms with Gasteiger partial charge < -0.3 is 29.2 Å². The Bertz CT molecular complexity index is 544. The molecule has 0 aromatic heterocycles. The van der Waals surface area contributed by atoms with Crippen molar-refractivity contribution < 1.29 is 38.7 Å². The van der Waals surface area contributed by atoms with Crippen LogP contribution in [0.4, 0.5) is 0 Å². The highest BCUT2D eigenvalue weighted by molar-refractivity contribution is 5.96. The molecule has 2 fully saturated rings. The molecule has 138 valence electrons. The summed E-state index contributed by atoms with van der Waals surface area (Å²) in [6, 6.07) is 4.17. The minimum Gasteiger partial charge on any atom is -0.478 e. The van der Waals surface area contributed by atoms with Gasteiger partial charge in [-0.05, 0) is 24.6 Å². The minimum absolute atomic E-state index is 0.0277. The third-order valence-electron chi connectivity index (χ3n) is 3.58. The van der Waals surface area contributed by atoms with Crippen LogP contribution in [0.1, 0.15) is 26.3 Å². The normalized spacial score (nSPS) is 20.4. The van der Waals surface area contributed by atoms with Crippen molar-refractivity contribution >= 4 is 11.9 Å². The van der Waals surface area contributed by atoms with Gasteiger partial charge in [0.15, 0.2) is 0 Å². The molecule has 25 heavy (non-hydrogen) atoms. The molecule has 2 saturated heterocycles. The predicted molar refractivity (Wildman–Crippen MR) is 86.2 cm³/mol. The molecule has 3 rings (SSSR count). The van der Waals surface area contributed by atoms with Crippen molar-refractivity contribution in [2.45, 2.75) is 19.1 Å². The van der Waals surface area contributed by atoms with Gasteiger partial charge in [-0.25, -0.2) is 9.59 Å². The van der Waals surface area contributed by atoms with Crippen molar-refractivity contribution in [3.63, 3.8) is 0 Å². The van der Waals surface area contributed by atoms with Gasteiger partial charge in [0.25, 0.3) is 0 Å². The van der Waals surface area contributed by atoms with E-state index in [1.54, 1.807) is 0 Å². The molecular weight excluding hydrogens is 332 g/mol. The van der Waals surface area contributed by atoms with Crippen LogP contribution in [0.2, 0.25) is 0 Å². The van der Waals surface area contributed by atoms with Crippen molar-refractivity contribution in [3.05, 3.63) is 34.9 Å². The quantitative estimate of drug-likeness (QED) is 0.502. The van der Waals surface area contributed by atoms with Gasteiger partial charge in [0.2, 0.25) is 0 Å². The Balaban J connectivity index is 0.000000181. The molecule has 8 nitrogen and oxygen atoms in total. The van der Waals surface area contributed by atoms with Crippen molar-refractivity contribution in [3.8, 4) is 0 Å². The van der Waals surface area contributed by atoms with E-state index in [4.69, 9.17) is 29.2 Å². The second-order valence-electron chi connectivity index (χ2n) is 5.65. The molecule has 0 aliphatic carbocycles. The lowest BCUT2D eigenvalue weighted by Crippen LogP contribution is -2.10. The van der Waals surface area contributed by atoms with E-state index >= 15 is 0 Å². The number of ether oxygens (including phenoxy) is 4. The van der Waals surface area contributed by atoms with Crippen molar-refractivity contribution in [2.75, 3.05) is 39.6 Å². The van der Waals surface area contributed by atoms with Gasteiger partial charge in [-0.3, -0.25) is 0 Å². The molecule has 0 radical (unpaired) electrons. The fourth-order valence-corrected chi connectivity index (χ4v) is 1.97. The van der Waals surface area contributed by atoms with Crippen LogP contribution in [0.15, 0.2) is 18.2 Å². The third kappa shape index (κ3) is 7.18. The van der Waals surface area contributed by atoms with Gasteiger partial charge in [-0.15, -0.1) is 0 Å². The summed E-state index contributed by atoms with van der Waals surface area (Å²) in [5.74, 6) is -2.22. The summed E-state index contributed by atoms with van der Waals surface area (Å²) in [6.07, 6.45) is 0.716. The molecular formula is C17H22O8. The van der Waals surface area contributed by atoms with Gasteiger partial charge in [-0.1, -0.05) is 6.07 Å². The molecule has 2 atom stereocenters. The smallest absolute Gasteiger partial charge is 0.335 e. The summed E-state index contributed by atoms with van der Waals surface area (Å²) in [6.45, 7) is 5.94. The van der Waals surface area contributed by atoms with Crippen LogP contribution in [-0.2, 0) is 18.9 Å². The lowest BCUT2D eigenvalue weighted by molar-refractivity contribution is 0.0366. The van der Waals surface area contributed by atoms with E-state index in [0.29, 0.717) is 38.6 Å². The molecule has 0 saturated carbocycles. The Kier molecular flexibility index (Phi) is 7.32. The Morgan fingerprint density at radius 1 is 1.00 bits per heavy atom. The van der Waals surface area contributed by atoms with Crippen LogP contribution in [0.5, 0.6) is 0 Å². The Morgan fingerprint density at radius 3 is 1.72 bits per heavy atom. The molecule has 2 heterocycles. The Hall–Kier alpha value is -2.00. The lowest BCUT2D eigenvalue weighted by atomic mass is 10.0. The minimum atomic E-state index is -1.11. The second-order valence-corrected chi connectivity index (χ2v) is 5.65. The molecule has 0 spiro atoms. The van der Waals surface area contributed by atoms with Crippen LogP contribution in [0.25, 0.3) is 0 Å². The first-order valence-electron chi connectivity index (χ1n) is 7.94. The van der Waals surface area contributed by atoms with Gasteiger partial charge in [0, 0.05) is 0 Å². The molecule has 8 heteroatoms. The largest absolute Gasteiger partial charge is 0.478 e. The summed E-state index contributed by atoms with van der Waals surface area (Å²) in [7, 11) is 0. The van der Waals surface area contributed by atoms with Crippen molar-refractivity contribution in [1.29, 1.82) is 0 Å². The molecule has 2 N–H and O–H groups in total. The summed E-state index contributed by atoms with van der Waals surface area (Å²) in [4.78, 5) is 21.2. The molecule has 1 aromatic carbocycles. The molecule has 2 unspecified atom stereocenters. The summed E-state index contributed by atoms with van der Waals surface area (Å²) in [5.41, 5.74) is 0.335. The van der Waals surface area contributed by atoms with Gasteiger partial charge >= 0.3 is 11.9 Å². The van der Waals surface area contributed by atoms with E-state index in [1.807, 2.05) is 0 Å². The number of carboxylic acids is 2.